The van der Waals surface area contributed by atoms with Crippen molar-refractivity contribution < 1.29 is 8.42 Å². The van der Waals surface area contributed by atoms with Crippen LogP contribution in [0.3, 0.4) is 0 Å². The topological polar surface area (TPSA) is 54.7 Å². The second-order valence-corrected chi connectivity index (χ2v) is 6.70. The van der Waals surface area contributed by atoms with Gasteiger partial charge in [0.15, 0.2) is 10.2 Å². The normalized spacial score (nSPS) is 12.4. The Hall–Kier alpha value is -1.11. The largest absolute Gasteiger partial charge is 0.288 e. The van der Waals surface area contributed by atoms with Crippen LogP contribution in [0, 0.1) is 0 Å². The van der Waals surface area contributed by atoms with E-state index in [2.05, 4.69) is 4.98 Å². The Morgan fingerprint density at radius 1 is 1.35 bits per heavy atom. The van der Waals surface area contributed by atoms with Crippen molar-refractivity contribution in [3.05, 3.63) is 29.5 Å². The third kappa shape index (κ3) is 2.68. The molecule has 2 rings (SSSR count). The van der Waals surface area contributed by atoms with E-state index in [0.717, 1.165) is 12.8 Å². The highest BCUT2D eigenvalue weighted by Crippen LogP contribution is 2.25. The molecule has 0 bridgehead atoms. The lowest BCUT2D eigenvalue weighted by Crippen LogP contribution is -2.32. The monoisotopic (exact) mass is 315 g/mol. The summed E-state index contributed by atoms with van der Waals surface area (Å²) in [5.74, 6) is 0. The summed E-state index contributed by atoms with van der Waals surface area (Å²) in [6.45, 7) is 4.76. The minimum absolute atomic E-state index is 0.0196. The van der Waals surface area contributed by atoms with E-state index in [0.29, 0.717) is 18.7 Å². The summed E-state index contributed by atoms with van der Waals surface area (Å²) in [5, 5.41) is 0.0684. The zero-order valence-electron chi connectivity index (χ0n) is 11.6. The summed E-state index contributed by atoms with van der Waals surface area (Å²) < 4.78 is 28.5. The first-order chi connectivity index (χ1) is 9.52. The van der Waals surface area contributed by atoms with E-state index in [-0.39, 0.29) is 10.2 Å². The second kappa shape index (κ2) is 6.11. The van der Waals surface area contributed by atoms with Gasteiger partial charge >= 0.3 is 0 Å². The molecule has 0 unspecified atom stereocenters. The summed E-state index contributed by atoms with van der Waals surface area (Å²) >= 11 is 6.05. The van der Waals surface area contributed by atoms with Gasteiger partial charge in [0.05, 0.1) is 0 Å². The molecule has 0 aliphatic heterocycles. The van der Waals surface area contributed by atoms with Gasteiger partial charge in [-0.1, -0.05) is 37.9 Å². The van der Waals surface area contributed by atoms with Crippen molar-refractivity contribution in [2.45, 2.75) is 31.7 Å². The molecule has 2 aromatic rings. The molecule has 0 aliphatic rings. The number of fused-ring (bicyclic) bond motifs is 1. The van der Waals surface area contributed by atoms with Gasteiger partial charge in [-0.25, -0.2) is 13.4 Å². The van der Waals surface area contributed by atoms with Crippen molar-refractivity contribution in [2.24, 2.45) is 0 Å². The van der Waals surface area contributed by atoms with Crippen LogP contribution in [0.5, 0.6) is 0 Å². The summed E-state index contributed by atoms with van der Waals surface area (Å²) in [5.41, 5.74) is 0.530. The van der Waals surface area contributed by atoms with Crippen LogP contribution in [0.2, 0.25) is 5.15 Å². The Kier molecular flexibility index (Phi) is 4.67. The second-order valence-electron chi connectivity index (χ2n) is 4.49. The summed E-state index contributed by atoms with van der Waals surface area (Å²) in [6.07, 6.45) is 3.42. The van der Waals surface area contributed by atoms with Crippen LogP contribution < -0.4 is 0 Å². The van der Waals surface area contributed by atoms with Gasteiger partial charge in [0.25, 0.3) is 10.0 Å². The van der Waals surface area contributed by atoms with Gasteiger partial charge < -0.3 is 0 Å². The summed E-state index contributed by atoms with van der Waals surface area (Å²) in [7, 11) is -3.64. The van der Waals surface area contributed by atoms with E-state index in [9.17, 15) is 8.42 Å². The van der Waals surface area contributed by atoms with Crippen molar-refractivity contribution in [1.82, 2.24) is 13.7 Å². The van der Waals surface area contributed by atoms with Gasteiger partial charge in [-0.05, 0) is 18.6 Å². The Bertz CT molecular complexity index is 697. The van der Waals surface area contributed by atoms with Gasteiger partial charge in [-0.3, -0.25) is 4.40 Å². The first-order valence-electron chi connectivity index (χ1n) is 6.65. The van der Waals surface area contributed by atoms with Gasteiger partial charge in [0.1, 0.15) is 5.65 Å². The van der Waals surface area contributed by atoms with Gasteiger partial charge in [0, 0.05) is 19.3 Å². The molecule has 7 heteroatoms. The number of pyridine rings is 1. The molecular formula is C13H18ClN3O2S. The highest BCUT2D eigenvalue weighted by atomic mass is 35.5. The number of unbranched alkanes of at least 4 members (excludes halogenated alkanes) is 1. The van der Waals surface area contributed by atoms with E-state index in [1.165, 1.54) is 8.71 Å². The van der Waals surface area contributed by atoms with E-state index < -0.39 is 10.0 Å². The molecule has 0 amide bonds. The quantitative estimate of drug-likeness (QED) is 0.823. The molecule has 5 nitrogen and oxygen atoms in total. The highest BCUT2D eigenvalue weighted by molar-refractivity contribution is 7.89. The van der Waals surface area contributed by atoms with Crippen LogP contribution in [0.1, 0.15) is 26.7 Å². The fourth-order valence-electron chi connectivity index (χ4n) is 2.08. The standard InChI is InChI=1S/C13H18ClN3O2S/c1-3-5-9-16(4-2)20(18,19)13-12(14)15-11-8-6-7-10-17(11)13/h6-8,10H,3-5,9H2,1-2H3. The molecule has 0 aromatic carbocycles. The third-order valence-corrected chi connectivity index (χ3v) is 5.52. The average Bonchev–Trinajstić information content (AvgIpc) is 2.75. The molecule has 0 atom stereocenters. The molecule has 0 N–H and O–H groups in total. The van der Waals surface area contributed by atoms with E-state index in [4.69, 9.17) is 11.6 Å². The molecule has 0 radical (unpaired) electrons. The third-order valence-electron chi connectivity index (χ3n) is 3.14. The fourth-order valence-corrected chi connectivity index (χ4v) is 4.17. The van der Waals surface area contributed by atoms with Crippen molar-refractivity contribution in [3.8, 4) is 0 Å². The van der Waals surface area contributed by atoms with E-state index >= 15 is 0 Å². The predicted molar refractivity (Wildman–Crippen MR) is 79.5 cm³/mol. The van der Waals surface area contributed by atoms with Crippen LogP contribution in [-0.2, 0) is 10.0 Å². The zero-order chi connectivity index (χ0) is 14.8. The van der Waals surface area contributed by atoms with Crippen molar-refractivity contribution in [2.75, 3.05) is 13.1 Å². The van der Waals surface area contributed by atoms with Crippen LogP contribution in [0.15, 0.2) is 29.4 Å². The fraction of sp³-hybridized carbons (Fsp3) is 0.462. The SMILES string of the molecule is CCCCN(CC)S(=O)(=O)c1c(Cl)nc2ccccn12. The van der Waals surface area contributed by atoms with Crippen molar-refractivity contribution >= 4 is 27.3 Å². The van der Waals surface area contributed by atoms with Gasteiger partial charge in [-0.15, -0.1) is 0 Å². The van der Waals surface area contributed by atoms with Gasteiger partial charge in [-0.2, -0.15) is 4.31 Å². The minimum Gasteiger partial charge on any atom is -0.288 e. The summed E-state index contributed by atoms with van der Waals surface area (Å²) in [6, 6.07) is 5.28. The minimum atomic E-state index is -3.64. The summed E-state index contributed by atoms with van der Waals surface area (Å²) in [4.78, 5) is 4.10. The molecule has 2 heterocycles. The Labute approximate surface area is 124 Å². The Morgan fingerprint density at radius 3 is 2.75 bits per heavy atom. The molecule has 0 aliphatic carbocycles. The van der Waals surface area contributed by atoms with Crippen LogP contribution >= 0.6 is 11.6 Å². The van der Waals surface area contributed by atoms with Crippen LogP contribution in [-0.4, -0.2) is 35.2 Å². The molecular weight excluding hydrogens is 298 g/mol. The Balaban J connectivity index is 2.53. The zero-order valence-corrected chi connectivity index (χ0v) is 13.2. The van der Waals surface area contributed by atoms with Crippen molar-refractivity contribution in [3.63, 3.8) is 0 Å². The lowest BCUT2D eigenvalue weighted by atomic mass is 10.3. The molecule has 20 heavy (non-hydrogen) atoms. The number of nitrogens with zero attached hydrogens (tertiary/aromatic N) is 3. The Morgan fingerprint density at radius 2 is 2.10 bits per heavy atom. The smallest absolute Gasteiger partial charge is 0.262 e. The average molecular weight is 316 g/mol. The lowest BCUT2D eigenvalue weighted by molar-refractivity contribution is 0.416. The van der Waals surface area contributed by atoms with Crippen LogP contribution in [0.25, 0.3) is 5.65 Å². The van der Waals surface area contributed by atoms with E-state index in [1.54, 1.807) is 24.4 Å². The maximum atomic E-state index is 12.7. The number of hydrogen-bond acceptors (Lipinski definition) is 3. The molecule has 110 valence electrons. The number of sulfonamides is 1. The number of aromatic nitrogens is 2. The number of halogens is 1. The highest BCUT2D eigenvalue weighted by Gasteiger charge is 2.29. The molecule has 0 fully saturated rings. The maximum absolute atomic E-state index is 12.7. The molecule has 0 saturated heterocycles. The first kappa shape index (κ1) is 15.3. The number of imidazole rings is 1. The van der Waals surface area contributed by atoms with Crippen molar-refractivity contribution in [1.29, 1.82) is 0 Å². The number of rotatable bonds is 6. The predicted octanol–water partition coefficient (Wildman–Crippen LogP) is 2.80. The molecule has 0 spiro atoms. The molecule has 0 saturated carbocycles. The number of hydrogen-bond donors (Lipinski definition) is 0. The lowest BCUT2D eigenvalue weighted by Gasteiger charge is -2.19. The molecule has 2 aromatic heterocycles. The van der Waals surface area contributed by atoms with E-state index in [1.807, 2.05) is 13.8 Å². The first-order valence-corrected chi connectivity index (χ1v) is 8.47. The maximum Gasteiger partial charge on any atom is 0.262 e. The van der Waals surface area contributed by atoms with Gasteiger partial charge in [0.2, 0.25) is 0 Å². The van der Waals surface area contributed by atoms with Crippen LogP contribution in [0.4, 0.5) is 0 Å².